The molecule has 1 heterocycles. The minimum absolute atomic E-state index is 0.0444. The number of nitrogen functional groups attached to an aromatic ring is 1. The number of rotatable bonds is 4. The van der Waals surface area contributed by atoms with Gasteiger partial charge in [-0.2, -0.15) is 11.8 Å². The average molecular weight is 318 g/mol. The predicted octanol–water partition coefficient (Wildman–Crippen LogP) is 2.28. The minimum Gasteiger partial charge on any atom is -0.396 e. The maximum absolute atomic E-state index is 13.3. The number of aryl methyl sites for hydroxylation is 1. The van der Waals surface area contributed by atoms with E-state index in [1.54, 1.807) is 18.7 Å². The van der Waals surface area contributed by atoms with Gasteiger partial charge >= 0.3 is 0 Å². The SMILES string of the molecule is Cc1cc(F)c(N)cc1S(=O)(=O)NCC1(C)CCCS1. The fourth-order valence-electron chi connectivity index (χ4n) is 2.26. The van der Waals surface area contributed by atoms with Crippen LogP contribution in [0.2, 0.25) is 0 Å². The third-order valence-corrected chi connectivity index (χ3v) is 6.60. The van der Waals surface area contributed by atoms with Gasteiger partial charge in [0, 0.05) is 11.3 Å². The third-order valence-electron chi connectivity index (χ3n) is 3.52. The van der Waals surface area contributed by atoms with Crippen LogP contribution in [0, 0.1) is 12.7 Å². The Bertz CT molecular complexity index is 611. The highest BCUT2D eigenvalue weighted by Crippen LogP contribution is 2.37. The van der Waals surface area contributed by atoms with Crippen LogP contribution >= 0.6 is 11.8 Å². The Morgan fingerprint density at radius 3 is 2.80 bits per heavy atom. The minimum atomic E-state index is -3.67. The van der Waals surface area contributed by atoms with Gasteiger partial charge < -0.3 is 5.73 Å². The molecule has 20 heavy (non-hydrogen) atoms. The standard InChI is InChI=1S/C13H19FN2O2S2/c1-9-6-10(14)11(15)7-12(9)20(17,18)16-8-13(2)4-3-5-19-13/h6-7,16H,3-5,8,15H2,1-2H3. The molecule has 0 spiro atoms. The van der Waals surface area contributed by atoms with Crippen molar-refractivity contribution in [1.29, 1.82) is 0 Å². The van der Waals surface area contributed by atoms with E-state index >= 15 is 0 Å². The summed E-state index contributed by atoms with van der Waals surface area (Å²) in [5, 5.41) is 0. The number of anilines is 1. The summed E-state index contributed by atoms with van der Waals surface area (Å²) in [4.78, 5) is 0.0444. The molecule has 0 radical (unpaired) electrons. The van der Waals surface area contributed by atoms with Crippen molar-refractivity contribution in [3.8, 4) is 0 Å². The molecule has 1 saturated heterocycles. The van der Waals surface area contributed by atoms with E-state index in [-0.39, 0.29) is 15.3 Å². The topological polar surface area (TPSA) is 72.2 Å². The summed E-state index contributed by atoms with van der Waals surface area (Å²) in [5.41, 5.74) is 5.66. The maximum atomic E-state index is 13.3. The third kappa shape index (κ3) is 3.27. The van der Waals surface area contributed by atoms with Gasteiger partial charge in [0.1, 0.15) is 5.82 Å². The lowest BCUT2D eigenvalue weighted by Crippen LogP contribution is -2.37. The predicted molar refractivity (Wildman–Crippen MR) is 80.8 cm³/mol. The van der Waals surface area contributed by atoms with Crippen molar-refractivity contribution in [2.75, 3.05) is 18.0 Å². The Labute approximate surface area is 123 Å². The molecule has 1 aromatic rings. The molecule has 2 rings (SSSR count). The van der Waals surface area contributed by atoms with Crippen molar-refractivity contribution in [2.24, 2.45) is 0 Å². The first kappa shape index (κ1) is 15.6. The number of hydrogen-bond donors (Lipinski definition) is 2. The molecule has 1 aromatic carbocycles. The van der Waals surface area contributed by atoms with Gasteiger partial charge in [-0.15, -0.1) is 0 Å². The Kier molecular flexibility index (Phi) is 4.32. The van der Waals surface area contributed by atoms with Crippen LogP contribution in [-0.4, -0.2) is 25.5 Å². The van der Waals surface area contributed by atoms with Crippen molar-refractivity contribution in [2.45, 2.75) is 36.3 Å². The molecule has 3 N–H and O–H groups in total. The highest BCUT2D eigenvalue weighted by atomic mass is 32.2. The van der Waals surface area contributed by atoms with Crippen LogP contribution in [0.15, 0.2) is 17.0 Å². The summed E-state index contributed by atoms with van der Waals surface area (Å²) in [7, 11) is -3.67. The fourth-order valence-corrected chi connectivity index (χ4v) is 5.02. The average Bonchev–Trinajstić information content (AvgIpc) is 2.79. The Morgan fingerprint density at radius 1 is 1.50 bits per heavy atom. The quantitative estimate of drug-likeness (QED) is 0.836. The van der Waals surface area contributed by atoms with Crippen molar-refractivity contribution in [3.63, 3.8) is 0 Å². The Hall–Kier alpha value is -0.790. The Balaban J connectivity index is 2.20. The van der Waals surface area contributed by atoms with Crippen LogP contribution in [-0.2, 0) is 10.0 Å². The summed E-state index contributed by atoms with van der Waals surface area (Å²) >= 11 is 1.78. The summed E-state index contributed by atoms with van der Waals surface area (Å²) in [6.07, 6.45) is 2.09. The molecular formula is C13H19FN2O2S2. The van der Waals surface area contributed by atoms with E-state index in [9.17, 15) is 12.8 Å². The molecule has 1 atom stereocenters. The van der Waals surface area contributed by atoms with Crippen LogP contribution in [0.4, 0.5) is 10.1 Å². The lowest BCUT2D eigenvalue weighted by molar-refractivity contribution is 0.551. The van der Waals surface area contributed by atoms with E-state index in [1.165, 1.54) is 6.07 Å². The van der Waals surface area contributed by atoms with Gasteiger partial charge in [-0.3, -0.25) is 0 Å². The second-order valence-corrected chi connectivity index (χ2v) is 8.78. The number of hydrogen-bond acceptors (Lipinski definition) is 4. The number of nitrogens with two attached hydrogens (primary N) is 1. The van der Waals surface area contributed by atoms with E-state index in [2.05, 4.69) is 11.6 Å². The van der Waals surface area contributed by atoms with Crippen LogP contribution in [0.3, 0.4) is 0 Å². The van der Waals surface area contributed by atoms with Crippen molar-refractivity contribution < 1.29 is 12.8 Å². The van der Waals surface area contributed by atoms with Gasteiger partial charge in [0.25, 0.3) is 0 Å². The van der Waals surface area contributed by atoms with Crippen molar-refractivity contribution in [1.82, 2.24) is 4.72 Å². The smallest absolute Gasteiger partial charge is 0.240 e. The molecule has 112 valence electrons. The van der Waals surface area contributed by atoms with Crippen LogP contribution in [0.1, 0.15) is 25.3 Å². The summed E-state index contributed by atoms with van der Waals surface area (Å²) < 4.78 is 40.5. The maximum Gasteiger partial charge on any atom is 0.240 e. The van der Waals surface area contributed by atoms with E-state index < -0.39 is 15.8 Å². The van der Waals surface area contributed by atoms with Crippen molar-refractivity contribution >= 4 is 27.5 Å². The first-order valence-electron chi connectivity index (χ1n) is 6.43. The second-order valence-electron chi connectivity index (χ2n) is 5.37. The molecule has 0 aliphatic carbocycles. The van der Waals surface area contributed by atoms with Crippen LogP contribution in [0.25, 0.3) is 0 Å². The van der Waals surface area contributed by atoms with Gasteiger partial charge in [-0.05, 0) is 50.1 Å². The first-order chi connectivity index (χ1) is 9.23. The molecule has 1 unspecified atom stereocenters. The number of sulfonamides is 1. The molecular weight excluding hydrogens is 299 g/mol. The summed E-state index contributed by atoms with van der Waals surface area (Å²) in [6.45, 7) is 3.99. The summed E-state index contributed by atoms with van der Waals surface area (Å²) in [6, 6.07) is 2.33. The molecule has 1 aliphatic heterocycles. The highest BCUT2D eigenvalue weighted by Gasteiger charge is 2.31. The van der Waals surface area contributed by atoms with Crippen LogP contribution < -0.4 is 10.5 Å². The lowest BCUT2D eigenvalue weighted by atomic mass is 10.1. The molecule has 1 fully saturated rings. The Morgan fingerprint density at radius 2 is 2.20 bits per heavy atom. The van der Waals surface area contributed by atoms with Gasteiger partial charge in [0.15, 0.2) is 0 Å². The molecule has 4 nitrogen and oxygen atoms in total. The number of halogens is 1. The van der Waals surface area contributed by atoms with E-state index in [4.69, 9.17) is 5.73 Å². The number of nitrogens with one attached hydrogen (secondary N) is 1. The van der Waals surface area contributed by atoms with E-state index in [1.807, 2.05) is 0 Å². The zero-order valence-corrected chi connectivity index (χ0v) is 13.2. The largest absolute Gasteiger partial charge is 0.396 e. The highest BCUT2D eigenvalue weighted by molar-refractivity contribution is 8.01. The lowest BCUT2D eigenvalue weighted by Gasteiger charge is -2.23. The van der Waals surface area contributed by atoms with E-state index in [0.717, 1.165) is 24.7 Å². The zero-order valence-electron chi connectivity index (χ0n) is 11.6. The van der Waals surface area contributed by atoms with Crippen molar-refractivity contribution in [3.05, 3.63) is 23.5 Å². The van der Waals surface area contributed by atoms with Gasteiger partial charge in [-0.25, -0.2) is 17.5 Å². The normalized spacial score (nSPS) is 23.1. The molecule has 0 saturated carbocycles. The fraction of sp³-hybridized carbons (Fsp3) is 0.538. The monoisotopic (exact) mass is 318 g/mol. The summed E-state index contributed by atoms with van der Waals surface area (Å²) in [5.74, 6) is 0.459. The molecule has 1 aliphatic rings. The van der Waals surface area contributed by atoms with Gasteiger partial charge in [-0.1, -0.05) is 0 Å². The number of thioether (sulfide) groups is 1. The van der Waals surface area contributed by atoms with Gasteiger partial charge in [0.05, 0.1) is 10.6 Å². The molecule has 7 heteroatoms. The second kappa shape index (κ2) is 5.54. The van der Waals surface area contributed by atoms with Crippen LogP contribution in [0.5, 0.6) is 0 Å². The zero-order chi connectivity index (χ0) is 15.0. The molecule has 0 bridgehead atoms. The van der Waals surface area contributed by atoms with Gasteiger partial charge in [0.2, 0.25) is 10.0 Å². The number of benzene rings is 1. The molecule has 0 aromatic heterocycles. The molecule has 0 amide bonds. The van der Waals surface area contributed by atoms with E-state index in [0.29, 0.717) is 12.1 Å². The first-order valence-corrected chi connectivity index (χ1v) is 8.90.